The summed E-state index contributed by atoms with van der Waals surface area (Å²) in [5.41, 5.74) is 5.80. The molecule has 1 saturated heterocycles. The van der Waals surface area contributed by atoms with Crippen LogP contribution in [0.5, 0.6) is 0 Å². The first-order chi connectivity index (χ1) is 12.6. The molecule has 1 aliphatic heterocycles. The number of hydrogen-bond acceptors (Lipinski definition) is 3. The van der Waals surface area contributed by atoms with Crippen LogP contribution in [-0.4, -0.2) is 40.2 Å². The summed E-state index contributed by atoms with van der Waals surface area (Å²) in [6, 6.07) is 9.87. The van der Waals surface area contributed by atoms with Gasteiger partial charge in [0.05, 0.1) is 6.20 Å². The lowest BCUT2D eigenvalue weighted by Crippen LogP contribution is -2.33. The first-order valence-corrected chi connectivity index (χ1v) is 10.1. The molecule has 0 amide bonds. The molecule has 4 nitrogen and oxygen atoms in total. The van der Waals surface area contributed by atoms with Crippen LogP contribution in [0, 0.1) is 0 Å². The summed E-state index contributed by atoms with van der Waals surface area (Å²) in [5.74, 6) is 0.756. The summed E-state index contributed by atoms with van der Waals surface area (Å²) >= 11 is 0. The second kappa shape index (κ2) is 7.53. The van der Waals surface area contributed by atoms with E-state index in [4.69, 9.17) is 0 Å². The van der Waals surface area contributed by atoms with E-state index in [0.717, 1.165) is 19.0 Å². The molecule has 1 saturated carbocycles. The van der Waals surface area contributed by atoms with E-state index in [1.165, 1.54) is 61.0 Å². The van der Waals surface area contributed by atoms with Crippen LogP contribution < -0.4 is 0 Å². The van der Waals surface area contributed by atoms with Crippen LogP contribution in [0.1, 0.15) is 66.4 Å². The minimum Gasteiger partial charge on any atom is -0.305 e. The predicted octanol–water partition coefficient (Wildman–Crippen LogP) is 4.09. The molecule has 26 heavy (non-hydrogen) atoms. The molecule has 4 rings (SSSR count). The Morgan fingerprint density at radius 1 is 1.08 bits per heavy atom. The van der Waals surface area contributed by atoms with Crippen LogP contribution in [-0.2, 0) is 20.1 Å². The van der Waals surface area contributed by atoms with E-state index in [2.05, 4.69) is 71.2 Å². The van der Waals surface area contributed by atoms with Crippen molar-refractivity contribution in [1.82, 2.24) is 19.6 Å². The number of hydrogen-bond donors (Lipinski definition) is 0. The molecule has 2 fully saturated rings. The van der Waals surface area contributed by atoms with E-state index in [-0.39, 0.29) is 0 Å². The van der Waals surface area contributed by atoms with Gasteiger partial charge in [-0.3, -0.25) is 9.58 Å². The van der Waals surface area contributed by atoms with Gasteiger partial charge in [0.25, 0.3) is 0 Å². The van der Waals surface area contributed by atoms with Gasteiger partial charge in [-0.25, -0.2) is 0 Å². The molecule has 0 radical (unpaired) electrons. The summed E-state index contributed by atoms with van der Waals surface area (Å²) in [5, 5.41) is 4.57. The highest BCUT2D eigenvalue weighted by molar-refractivity contribution is 5.28. The average molecular weight is 353 g/mol. The highest BCUT2D eigenvalue weighted by Gasteiger charge is 2.31. The van der Waals surface area contributed by atoms with Gasteiger partial charge in [0.15, 0.2) is 0 Å². The number of likely N-dealkylation sites (tertiary alicyclic amines) is 1. The number of rotatable bonds is 6. The van der Waals surface area contributed by atoms with Crippen molar-refractivity contribution < 1.29 is 0 Å². The molecular weight excluding hydrogens is 320 g/mol. The van der Waals surface area contributed by atoms with E-state index >= 15 is 0 Å². The van der Waals surface area contributed by atoms with Crippen molar-refractivity contribution in [3.8, 4) is 0 Å². The highest BCUT2D eigenvalue weighted by atomic mass is 15.3. The summed E-state index contributed by atoms with van der Waals surface area (Å²) in [6.45, 7) is 3.25. The van der Waals surface area contributed by atoms with Gasteiger partial charge < -0.3 is 4.90 Å². The van der Waals surface area contributed by atoms with Gasteiger partial charge in [0.1, 0.15) is 0 Å². The SMILES string of the molecule is CN(C)Cc1ccc(C2CCCCN2Cc2cnn(C)c2C2CC2)cc1. The normalized spacial score (nSPS) is 21.5. The number of aromatic nitrogens is 2. The van der Waals surface area contributed by atoms with Crippen molar-refractivity contribution in [2.45, 2.75) is 57.2 Å². The topological polar surface area (TPSA) is 24.3 Å². The van der Waals surface area contributed by atoms with Crippen LogP contribution in [0.3, 0.4) is 0 Å². The molecule has 0 bridgehead atoms. The summed E-state index contributed by atoms with van der Waals surface area (Å²) in [7, 11) is 6.36. The van der Waals surface area contributed by atoms with Gasteiger partial charge in [0, 0.05) is 43.4 Å². The minimum atomic E-state index is 0.546. The minimum absolute atomic E-state index is 0.546. The number of nitrogens with zero attached hydrogens (tertiary/aromatic N) is 4. The van der Waals surface area contributed by atoms with Crippen molar-refractivity contribution in [1.29, 1.82) is 0 Å². The largest absolute Gasteiger partial charge is 0.305 e. The van der Waals surface area contributed by atoms with Gasteiger partial charge in [0.2, 0.25) is 0 Å². The van der Waals surface area contributed by atoms with E-state index < -0.39 is 0 Å². The molecule has 2 aliphatic rings. The number of benzene rings is 1. The van der Waals surface area contributed by atoms with Crippen molar-refractivity contribution >= 4 is 0 Å². The summed E-state index contributed by atoms with van der Waals surface area (Å²) < 4.78 is 2.11. The van der Waals surface area contributed by atoms with E-state index in [9.17, 15) is 0 Å². The first kappa shape index (κ1) is 17.7. The molecule has 1 atom stereocenters. The number of aryl methyl sites for hydroxylation is 1. The lowest BCUT2D eigenvalue weighted by Gasteiger charge is -2.36. The monoisotopic (exact) mass is 352 g/mol. The van der Waals surface area contributed by atoms with Gasteiger partial charge in [-0.2, -0.15) is 5.10 Å². The quantitative estimate of drug-likeness (QED) is 0.783. The smallest absolute Gasteiger partial charge is 0.0537 e. The van der Waals surface area contributed by atoms with Gasteiger partial charge in [-0.15, -0.1) is 0 Å². The Kier molecular flexibility index (Phi) is 5.14. The Morgan fingerprint density at radius 2 is 1.85 bits per heavy atom. The maximum Gasteiger partial charge on any atom is 0.0537 e. The Morgan fingerprint density at radius 3 is 2.54 bits per heavy atom. The van der Waals surface area contributed by atoms with Crippen LogP contribution in [0.25, 0.3) is 0 Å². The van der Waals surface area contributed by atoms with Crippen molar-refractivity contribution in [3.05, 3.63) is 52.8 Å². The van der Waals surface area contributed by atoms with Crippen LogP contribution in [0.15, 0.2) is 30.5 Å². The lowest BCUT2D eigenvalue weighted by atomic mass is 9.94. The third-order valence-corrected chi connectivity index (χ3v) is 5.88. The Balaban J connectivity index is 1.51. The first-order valence-electron chi connectivity index (χ1n) is 10.1. The molecule has 2 aromatic rings. The predicted molar refractivity (Wildman–Crippen MR) is 106 cm³/mol. The fraction of sp³-hybridized carbons (Fsp3) is 0.591. The Bertz CT molecular complexity index is 727. The zero-order chi connectivity index (χ0) is 18.1. The third-order valence-electron chi connectivity index (χ3n) is 5.88. The molecule has 1 aromatic carbocycles. The maximum absolute atomic E-state index is 4.57. The molecule has 1 aromatic heterocycles. The standard InChI is InChI=1S/C22H32N4/c1-24(2)15-17-7-9-18(10-8-17)21-6-4-5-13-26(21)16-20-14-23-25(3)22(20)19-11-12-19/h7-10,14,19,21H,4-6,11-13,15-16H2,1-3H3. The highest BCUT2D eigenvalue weighted by Crippen LogP contribution is 2.42. The summed E-state index contributed by atoms with van der Waals surface area (Å²) in [6.07, 6.45) is 8.70. The van der Waals surface area contributed by atoms with E-state index in [1.807, 2.05) is 0 Å². The van der Waals surface area contributed by atoms with E-state index in [1.54, 1.807) is 0 Å². The molecule has 0 N–H and O–H groups in total. The molecule has 4 heteroatoms. The molecule has 2 heterocycles. The van der Waals surface area contributed by atoms with Gasteiger partial charge in [-0.1, -0.05) is 30.7 Å². The lowest BCUT2D eigenvalue weighted by molar-refractivity contribution is 0.140. The Labute approximate surface area is 157 Å². The average Bonchev–Trinajstić information content (AvgIpc) is 3.39. The van der Waals surface area contributed by atoms with Crippen LogP contribution in [0.4, 0.5) is 0 Å². The second-order valence-corrected chi connectivity index (χ2v) is 8.41. The number of piperidine rings is 1. The summed E-state index contributed by atoms with van der Waals surface area (Å²) in [4.78, 5) is 4.91. The molecule has 0 spiro atoms. The van der Waals surface area contributed by atoms with Crippen LogP contribution >= 0.6 is 0 Å². The van der Waals surface area contributed by atoms with Crippen molar-refractivity contribution in [3.63, 3.8) is 0 Å². The molecular formula is C22H32N4. The fourth-order valence-corrected chi connectivity index (χ4v) is 4.48. The second-order valence-electron chi connectivity index (χ2n) is 8.41. The van der Waals surface area contributed by atoms with Crippen molar-refractivity contribution in [2.75, 3.05) is 20.6 Å². The van der Waals surface area contributed by atoms with Gasteiger partial charge >= 0.3 is 0 Å². The fourth-order valence-electron chi connectivity index (χ4n) is 4.48. The zero-order valence-corrected chi connectivity index (χ0v) is 16.5. The van der Waals surface area contributed by atoms with Gasteiger partial charge in [-0.05, 0) is 57.5 Å². The van der Waals surface area contributed by atoms with Crippen LogP contribution in [0.2, 0.25) is 0 Å². The third kappa shape index (κ3) is 3.86. The molecule has 1 aliphatic carbocycles. The van der Waals surface area contributed by atoms with E-state index in [0.29, 0.717) is 6.04 Å². The Hall–Kier alpha value is -1.65. The maximum atomic E-state index is 4.57. The van der Waals surface area contributed by atoms with Crippen molar-refractivity contribution in [2.24, 2.45) is 7.05 Å². The molecule has 140 valence electrons. The zero-order valence-electron chi connectivity index (χ0n) is 16.5. The molecule has 1 unspecified atom stereocenters.